The molecule has 14 heteroatoms. The molecule has 2 aromatic rings. The fraction of sp³-hybridized carbons (Fsp3) is 0.424. The minimum atomic E-state index is -1.53. The molecule has 0 atom stereocenters. The van der Waals surface area contributed by atoms with Crippen molar-refractivity contribution in [3.8, 4) is 0 Å². The maximum atomic E-state index is 7.50. The number of rotatable bonds is 8. The second kappa shape index (κ2) is 24.9. The van der Waals surface area contributed by atoms with Gasteiger partial charge in [0.05, 0.1) is 43.2 Å². The molecule has 0 aliphatic carbocycles. The Labute approximate surface area is 304 Å². The van der Waals surface area contributed by atoms with Gasteiger partial charge in [0.15, 0.2) is 0 Å². The molecule has 1 heterocycles. The summed E-state index contributed by atoms with van der Waals surface area (Å²) in [7, 11) is -7.50. The molecular weight excluding hydrogens is 863 g/mol. The summed E-state index contributed by atoms with van der Waals surface area (Å²) in [4.78, 5) is 1.37. The Kier molecular flexibility index (Phi) is 28.0. The maximum absolute atomic E-state index is 7.50. The average Bonchev–Trinajstić information content (AvgIpc) is 3.01. The zero-order valence-corrected chi connectivity index (χ0v) is 38.4. The molecule has 0 aromatic heterocycles. The molecule has 0 radical (unpaired) electrons. The first kappa shape index (κ1) is 52.7. The molecule has 0 fully saturated rings. The Morgan fingerprint density at radius 1 is 0.447 bits per heavy atom. The van der Waals surface area contributed by atoms with Crippen molar-refractivity contribution in [3.05, 3.63) is 105 Å². The molecule has 0 spiro atoms. The van der Waals surface area contributed by atoms with Gasteiger partial charge in [0.25, 0.3) is 0 Å². The van der Waals surface area contributed by atoms with Crippen LogP contribution >= 0.6 is 16.1 Å². The van der Waals surface area contributed by atoms with E-state index in [1.54, 1.807) is 0 Å². The van der Waals surface area contributed by atoms with Gasteiger partial charge in [-0.1, -0.05) is 139 Å². The fourth-order valence-electron chi connectivity index (χ4n) is 6.41. The van der Waals surface area contributed by atoms with Gasteiger partial charge in [-0.2, -0.15) is 0 Å². The van der Waals surface area contributed by atoms with Gasteiger partial charge >= 0.3 is 56.5 Å². The second-order valence-corrected chi connectivity index (χ2v) is 42.5. The summed E-state index contributed by atoms with van der Waals surface area (Å²) in [5.41, 5.74) is 5.49. The molecule has 47 heavy (non-hydrogen) atoms. The van der Waals surface area contributed by atoms with Crippen LogP contribution in [-0.4, -0.2) is 53.0 Å². The molecule has 0 amide bonds. The van der Waals surface area contributed by atoms with E-state index in [0.717, 1.165) is 0 Å². The van der Waals surface area contributed by atoms with Crippen LogP contribution in [0.2, 0.25) is 78.6 Å². The summed E-state index contributed by atoms with van der Waals surface area (Å²) >= 11 is 0. The predicted octanol–water partition coefficient (Wildman–Crippen LogP) is 9.74. The third kappa shape index (κ3) is 16.4. The zero-order chi connectivity index (χ0) is 37.1. The Morgan fingerprint density at radius 3 is 0.894 bits per heavy atom. The van der Waals surface area contributed by atoms with Gasteiger partial charge in [0.1, 0.15) is 8.22 Å². The third-order valence-corrected chi connectivity index (χ3v) is 39.6. The molecule has 3 rings (SSSR count). The summed E-state index contributed by atoms with van der Waals surface area (Å²) in [6.45, 7) is 53.4. The minimum absolute atomic E-state index is 0. The van der Waals surface area contributed by atoms with E-state index in [2.05, 4.69) is 172 Å². The van der Waals surface area contributed by atoms with Crippen LogP contribution in [0.3, 0.4) is 0 Å². The van der Waals surface area contributed by atoms with E-state index in [-0.39, 0.29) is 21.1 Å². The number of hydrogen-bond donors (Lipinski definition) is 0. The van der Waals surface area contributed by atoms with Crippen LogP contribution in [0.4, 0.5) is 0 Å². The summed E-state index contributed by atoms with van der Waals surface area (Å²) in [6.07, 6.45) is 0. The third-order valence-electron chi connectivity index (χ3n) is 6.69. The molecule has 1 aliphatic heterocycles. The molecule has 252 valence electrons. The maximum Gasteiger partial charge on any atom is 0 e. The van der Waals surface area contributed by atoms with Gasteiger partial charge in [0.2, 0.25) is 0 Å². The Bertz CT molecular complexity index is 1220. The van der Waals surface area contributed by atoms with Crippen molar-refractivity contribution < 1.29 is 44.3 Å². The van der Waals surface area contributed by atoms with Crippen molar-refractivity contribution in [2.24, 2.45) is 9.53 Å². The smallest absolute Gasteiger partial charge is 0 e. The van der Waals surface area contributed by atoms with Crippen LogP contribution in [0, 0.1) is 33.3 Å². The Hall–Kier alpha value is -1.10. The van der Waals surface area contributed by atoms with E-state index < -0.39 is 48.4 Å². The number of benzene rings is 2. The van der Waals surface area contributed by atoms with Crippen LogP contribution in [0.15, 0.2) is 70.2 Å². The molecule has 1 aliphatic rings. The van der Waals surface area contributed by atoms with E-state index in [0.29, 0.717) is 9.81 Å². The molecule has 0 saturated heterocycles. The van der Waals surface area contributed by atoms with Crippen LogP contribution < -0.4 is 0 Å². The van der Waals surface area contributed by atoms with Gasteiger partial charge in [-0.25, -0.2) is 9.53 Å². The van der Waals surface area contributed by atoms with E-state index in [1.165, 1.54) is 22.0 Å². The first-order valence-electron chi connectivity index (χ1n) is 14.3. The molecule has 0 bridgehead atoms. The fourth-order valence-corrected chi connectivity index (χ4v) is 44.9. The van der Waals surface area contributed by atoms with Gasteiger partial charge in [-0.05, 0) is 12.8 Å². The van der Waals surface area contributed by atoms with E-state index in [4.69, 9.17) is 32.8 Å². The first-order chi connectivity index (χ1) is 21.4. The van der Waals surface area contributed by atoms with Crippen molar-refractivity contribution in [1.29, 1.82) is 0 Å². The molecule has 2 aromatic carbocycles. The number of nitrogens with zero attached hydrogens (tertiary/aromatic N) is 2. The van der Waals surface area contributed by atoms with Gasteiger partial charge in [-0.15, -0.1) is 0 Å². The SMILES string of the molecule is C[Si](C)(C)C(P1N=C(c2ccccc2)P(C([Si](C)(C)C)[Si](C)(C)C)C(c2ccccc2)=N1)[Si](C)(C)C.[C-]#[O+].[C-]#[O+].[C-]#[O+].[C-]#[O+].[C-]#[O+].[W]. The molecule has 0 unspecified atom stereocenters. The number of hydrogen-bond acceptors (Lipinski definition) is 2. The van der Waals surface area contributed by atoms with Crippen molar-refractivity contribution in [3.63, 3.8) is 0 Å². The van der Waals surface area contributed by atoms with Gasteiger partial charge < -0.3 is 0 Å². The van der Waals surface area contributed by atoms with Crippen molar-refractivity contribution >= 4 is 59.3 Å². The minimum Gasteiger partial charge on any atom is 0 e. The van der Waals surface area contributed by atoms with E-state index >= 15 is 0 Å². The quantitative estimate of drug-likeness (QED) is 0.108. The Morgan fingerprint density at radius 2 is 0.681 bits per heavy atom. The summed E-state index contributed by atoms with van der Waals surface area (Å²) in [5.74, 6) is 0. The molecule has 7 nitrogen and oxygen atoms in total. The standard InChI is InChI=1S/C28H48N2P2Si4.5CO.W/c1-33(2,3)27(34(4,5)6)31-25(23-19-15-13-16-20-23)29-32(28(35(7,8)9)36(10,11)12)30-26(31)24-21-17-14-18-22-24;5*1-2;/h13-22,27-28H,1-12H3;;;;;;. The van der Waals surface area contributed by atoms with Gasteiger partial charge in [0, 0.05) is 37.1 Å². The predicted molar refractivity (Wildman–Crippen MR) is 200 cm³/mol. The van der Waals surface area contributed by atoms with Crippen molar-refractivity contribution in [1.82, 2.24) is 0 Å². The van der Waals surface area contributed by atoms with Crippen LogP contribution in [0.5, 0.6) is 0 Å². The summed E-state index contributed by atoms with van der Waals surface area (Å²) in [6, 6.07) is 22.4. The first-order valence-corrected chi connectivity index (χ1v) is 31.3. The average molecular weight is 911 g/mol. The van der Waals surface area contributed by atoms with Gasteiger partial charge in [-0.3, -0.25) is 0 Å². The monoisotopic (exact) mass is 910 g/mol. The van der Waals surface area contributed by atoms with Crippen LogP contribution in [0.25, 0.3) is 0 Å². The second-order valence-electron chi connectivity index (χ2n) is 14.5. The van der Waals surface area contributed by atoms with Crippen LogP contribution in [0.1, 0.15) is 11.1 Å². The van der Waals surface area contributed by atoms with E-state index in [1.807, 2.05) is 0 Å². The summed E-state index contributed by atoms with van der Waals surface area (Å²) in [5, 5.41) is 0. The van der Waals surface area contributed by atoms with Crippen molar-refractivity contribution in [2.75, 3.05) is 0 Å². The largest absolute Gasteiger partial charge is 0 e. The molecule has 0 saturated carbocycles. The Balaban J connectivity index is -0.000000767. The topological polar surface area (TPSA) is 124 Å². The van der Waals surface area contributed by atoms with Crippen LogP contribution in [-0.2, 0) is 44.3 Å². The molecule has 0 N–H and O–H groups in total. The van der Waals surface area contributed by atoms with Crippen molar-refractivity contribution in [2.45, 2.75) is 88.4 Å². The normalized spacial score (nSPS) is 15.5. The zero-order valence-electron chi connectivity index (χ0n) is 29.7. The summed E-state index contributed by atoms with van der Waals surface area (Å²) < 4.78 is 49.2. The molecular formula is C33H48N2O5P2Si4W. The van der Waals surface area contributed by atoms with E-state index in [9.17, 15) is 0 Å².